The number of benzene rings is 3. The fourth-order valence-electron chi connectivity index (χ4n) is 4.33. The molecule has 0 spiro atoms. The maximum Gasteiger partial charge on any atom is 0.253 e. The van der Waals surface area contributed by atoms with E-state index in [1.807, 2.05) is 35.2 Å². The number of nitrogens with one attached hydrogen (secondary N) is 2. The van der Waals surface area contributed by atoms with Crippen LogP contribution in [0.4, 0.5) is 5.69 Å². The van der Waals surface area contributed by atoms with Gasteiger partial charge in [0.15, 0.2) is 0 Å². The Balaban J connectivity index is 1.54. The quantitative estimate of drug-likeness (QED) is 0.349. The van der Waals surface area contributed by atoms with Crippen LogP contribution in [0.5, 0.6) is 0 Å². The zero-order chi connectivity index (χ0) is 26.0. The van der Waals surface area contributed by atoms with Crippen LogP contribution in [0.3, 0.4) is 0 Å². The Morgan fingerprint density at radius 2 is 1.47 bits per heavy atom. The molecular formula is C26H30N6O3S. The number of fused-ring (bicyclic) bond motifs is 1. The van der Waals surface area contributed by atoms with Crippen molar-refractivity contribution in [3.05, 3.63) is 77.4 Å². The molecule has 9 nitrogen and oxygen atoms in total. The molecule has 0 radical (unpaired) electrons. The van der Waals surface area contributed by atoms with E-state index in [-0.39, 0.29) is 18.3 Å². The van der Waals surface area contributed by atoms with Gasteiger partial charge in [-0.15, -0.1) is 0 Å². The summed E-state index contributed by atoms with van der Waals surface area (Å²) in [5, 5.41) is 17.2. The molecule has 3 aromatic carbocycles. The molecule has 188 valence electrons. The molecule has 0 aliphatic carbocycles. The van der Waals surface area contributed by atoms with Gasteiger partial charge in [-0.05, 0) is 59.7 Å². The minimum Gasteiger partial charge on any atom is -0.384 e. The van der Waals surface area contributed by atoms with E-state index in [0.29, 0.717) is 48.8 Å². The topological polar surface area (TPSA) is 135 Å². The third-order valence-corrected chi connectivity index (χ3v) is 7.53. The van der Waals surface area contributed by atoms with Crippen LogP contribution in [-0.4, -0.2) is 68.2 Å². The molecule has 0 unspecified atom stereocenters. The van der Waals surface area contributed by atoms with Crippen molar-refractivity contribution in [3.63, 3.8) is 0 Å². The summed E-state index contributed by atoms with van der Waals surface area (Å²) in [6.45, 7) is 4.20. The van der Waals surface area contributed by atoms with Crippen LogP contribution in [0.15, 0.2) is 60.7 Å². The van der Waals surface area contributed by atoms with Crippen LogP contribution in [0.2, 0.25) is 0 Å². The van der Waals surface area contributed by atoms with Crippen molar-refractivity contribution < 1.29 is 13.2 Å². The molecule has 3 aromatic rings. The molecule has 0 aromatic heterocycles. The van der Waals surface area contributed by atoms with Crippen LogP contribution in [0, 0.1) is 10.8 Å². The van der Waals surface area contributed by atoms with Gasteiger partial charge in [-0.1, -0.05) is 24.3 Å². The van der Waals surface area contributed by atoms with Gasteiger partial charge >= 0.3 is 0 Å². The number of nitrogen functional groups attached to an aromatic ring is 1. The van der Waals surface area contributed by atoms with E-state index in [2.05, 4.69) is 0 Å². The number of sulfonamides is 1. The molecule has 1 saturated heterocycles. The molecule has 1 aliphatic rings. The number of amidine groups is 2. The van der Waals surface area contributed by atoms with Crippen LogP contribution in [0.1, 0.15) is 28.4 Å². The summed E-state index contributed by atoms with van der Waals surface area (Å²) in [5.41, 5.74) is 7.97. The van der Waals surface area contributed by atoms with E-state index in [1.54, 1.807) is 42.2 Å². The van der Waals surface area contributed by atoms with Gasteiger partial charge in [-0.25, -0.2) is 8.42 Å². The zero-order valence-electron chi connectivity index (χ0n) is 20.4. The van der Waals surface area contributed by atoms with Crippen molar-refractivity contribution in [2.24, 2.45) is 5.73 Å². The van der Waals surface area contributed by atoms with Crippen LogP contribution in [-0.2, 0) is 16.6 Å². The molecule has 0 atom stereocenters. The first-order chi connectivity index (χ1) is 17.0. The number of piperazine rings is 1. The molecular weight excluding hydrogens is 476 g/mol. The summed E-state index contributed by atoms with van der Waals surface area (Å²) in [7, 11) is -3.60. The third-order valence-electron chi connectivity index (χ3n) is 6.39. The summed E-state index contributed by atoms with van der Waals surface area (Å²) >= 11 is 0. The highest BCUT2D eigenvalue weighted by atomic mass is 32.2. The number of hydrogen-bond acceptors (Lipinski definition) is 5. The van der Waals surface area contributed by atoms with Gasteiger partial charge in [0.25, 0.3) is 5.91 Å². The van der Waals surface area contributed by atoms with Crippen LogP contribution < -0.4 is 10.0 Å². The fraction of sp³-hybridized carbons (Fsp3) is 0.269. The highest BCUT2D eigenvalue weighted by Gasteiger charge is 2.23. The Morgan fingerprint density at radius 1 is 0.889 bits per heavy atom. The molecule has 36 heavy (non-hydrogen) atoms. The predicted octanol–water partition coefficient (Wildman–Crippen LogP) is 2.85. The first-order valence-electron chi connectivity index (χ1n) is 11.6. The average Bonchev–Trinajstić information content (AvgIpc) is 2.86. The van der Waals surface area contributed by atoms with Gasteiger partial charge in [0, 0.05) is 37.3 Å². The van der Waals surface area contributed by atoms with Gasteiger partial charge in [0.05, 0.1) is 24.3 Å². The second-order valence-electron chi connectivity index (χ2n) is 8.99. The lowest BCUT2D eigenvalue weighted by Crippen LogP contribution is -2.49. The SMILES string of the molecule is CC(=N)N1CCN(C(=O)c2ccc(N(Cc3ccc4ccc(C(=N)N)cc4c3)S(C)(=O)=O)cc2)CC1. The minimum atomic E-state index is -3.60. The lowest BCUT2D eigenvalue weighted by molar-refractivity contribution is 0.0691. The van der Waals surface area contributed by atoms with Crippen molar-refractivity contribution in [1.82, 2.24) is 9.80 Å². The Bertz CT molecular complexity index is 1430. The van der Waals surface area contributed by atoms with Gasteiger partial charge < -0.3 is 15.5 Å². The summed E-state index contributed by atoms with van der Waals surface area (Å²) < 4.78 is 26.7. The van der Waals surface area contributed by atoms with Gasteiger partial charge in [-0.3, -0.25) is 19.9 Å². The van der Waals surface area contributed by atoms with Crippen molar-refractivity contribution in [1.29, 1.82) is 10.8 Å². The largest absolute Gasteiger partial charge is 0.384 e. The zero-order valence-corrected chi connectivity index (χ0v) is 21.2. The number of nitrogens with two attached hydrogens (primary N) is 1. The summed E-state index contributed by atoms with van der Waals surface area (Å²) in [5.74, 6) is 0.366. The Kier molecular flexibility index (Phi) is 6.98. The maximum atomic E-state index is 12.9. The number of carbonyl (C=O) groups excluding carboxylic acids is 1. The number of hydrogen-bond donors (Lipinski definition) is 3. The van der Waals surface area contributed by atoms with Gasteiger partial charge in [0.2, 0.25) is 10.0 Å². The van der Waals surface area contributed by atoms with Crippen molar-refractivity contribution in [3.8, 4) is 0 Å². The monoisotopic (exact) mass is 506 g/mol. The Morgan fingerprint density at radius 3 is 2.06 bits per heavy atom. The fourth-order valence-corrected chi connectivity index (χ4v) is 5.21. The lowest BCUT2D eigenvalue weighted by atomic mass is 10.0. The Labute approximate surface area is 211 Å². The highest BCUT2D eigenvalue weighted by Crippen LogP contribution is 2.24. The van der Waals surface area contributed by atoms with E-state index in [9.17, 15) is 13.2 Å². The smallest absolute Gasteiger partial charge is 0.253 e. The van der Waals surface area contributed by atoms with E-state index in [4.69, 9.17) is 16.6 Å². The second-order valence-corrected chi connectivity index (χ2v) is 10.9. The van der Waals surface area contributed by atoms with E-state index < -0.39 is 10.0 Å². The number of anilines is 1. The maximum absolute atomic E-state index is 12.9. The molecule has 1 aliphatic heterocycles. The molecule has 1 fully saturated rings. The highest BCUT2D eigenvalue weighted by molar-refractivity contribution is 7.92. The van der Waals surface area contributed by atoms with E-state index in [0.717, 1.165) is 22.6 Å². The number of rotatable bonds is 6. The number of carbonyl (C=O) groups is 1. The molecule has 4 rings (SSSR count). The van der Waals surface area contributed by atoms with E-state index >= 15 is 0 Å². The average molecular weight is 507 g/mol. The molecule has 0 saturated carbocycles. The normalized spacial score (nSPS) is 14.1. The summed E-state index contributed by atoms with van der Waals surface area (Å²) in [6.07, 6.45) is 1.16. The van der Waals surface area contributed by atoms with E-state index in [1.165, 1.54) is 4.31 Å². The molecule has 1 heterocycles. The van der Waals surface area contributed by atoms with Crippen molar-refractivity contribution in [2.45, 2.75) is 13.5 Å². The number of amides is 1. The molecule has 4 N–H and O–H groups in total. The van der Waals surface area contributed by atoms with Crippen molar-refractivity contribution in [2.75, 3.05) is 36.7 Å². The van der Waals surface area contributed by atoms with Crippen LogP contribution in [0.25, 0.3) is 10.8 Å². The summed E-state index contributed by atoms with van der Waals surface area (Å²) in [6, 6.07) is 17.8. The van der Waals surface area contributed by atoms with Crippen LogP contribution >= 0.6 is 0 Å². The minimum absolute atomic E-state index is 0.0265. The molecule has 1 amide bonds. The molecule has 0 bridgehead atoms. The number of nitrogens with zero attached hydrogens (tertiary/aromatic N) is 3. The predicted molar refractivity (Wildman–Crippen MR) is 143 cm³/mol. The molecule has 10 heteroatoms. The second kappa shape index (κ2) is 9.98. The van der Waals surface area contributed by atoms with Gasteiger partial charge in [0.1, 0.15) is 5.84 Å². The first-order valence-corrected chi connectivity index (χ1v) is 13.4. The van der Waals surface area contributed by atoms with Gasteiger partial charge in [-0.2, -0.15) is 0 Å². The first kappa shape index (κ1) is 25.2. The lowest BCUT2D eigenvalue weighted by Gasteiger charge is -2.35. The standard InChI is InChI=1S/C26H30N6O3S/c1-18(27)30-11-13-31(14-12-30)26(33)21-7-9-24(10-8-21)32(36(2,34)35)17-19-3-4-20-5-6-22(25(28)29)16-23(20)15-19/h3-10,15-16,27H,11-14,17H2,1-2H3,(H3,28,29). The third kappa shape index (κ3) is 5.49. The van der Waals surface area contributed by atoms with Crippen molar-refractivity contribution >= 4 is 44.1 Å². The summed E-state index contributed by atoms with van der Waals surface area (Å²) in [4.78, 5) is 16.6. The Hall–Kier alpha value is -3.92.